The third-order valence-corrected chi connectivity index (χ3v) is 4.66. The number of aryl methyl sites for hydroxylation is 1. The Morgan fingerprint density at radius 2 is 2.22 bits per heavy atom. The maximum atomic E-state index is 10.4. The molecule has 18 heavy (non-hydrogen) atoms. The first kappa shape index (κ1) is 12.0. The number of aliphatic hydroxyl groups is 1. The van der Waals surface area contributed by atoms with E-state index in [4.69, 9.17) is 4.74 Å². The van der Waals surface area contributed by atoms with E-state index in [1.54, 1.807) is 0 Å². The Morgan fingerprint density at radius 3 is 2.94 bits per heavy atom. The summed E-state index contributed by atoms with van der Waals surface area (Å²) in [6, 6.07) is 6.14. The first-order chi connectivity index (χ1) is 8.62. The highest BCUT2D eigenvalue weighted by Crippen LogP contribution is 2.49. The fourth-order valence-electron chi connectivity index (χ4n) is 3.58. The van der Waals surface area contributed by atoms with Crippen molar-refractivity contribution in [2.24, 2.45) is 5.92 Å². The zero-order valence-electron chi connectivity index (χ0n) is 11.3. The summed E-state index contributed by atoms with van der Waals surface area (Å²) in [7, 11) is 0. The standard InChI is InChI=1S/C16H22O2/c1-3-12-6-7-16(9-12)10-14(17)13-8-11(2)4-5-15(13)18-16/h4-5,8,12,14,17H,3,6-7,9-10H2,1-2H3/t12?,14-,16?/m0/s1. The van der Waals surface area contributed by atoms with Crippen LogP contribution >= 0.6 is 0 Å². The highest BCUT2D eigenvalue weighted by Gasteiger charge is 2.45. The van der Waals surface area contributed by atoms with E-state index in [1.165, 1.54) is 18.4 Å². The molecule has 0 amide bonds. The molecule has 1 aliphatic carbocycles. The van der Waals surface area contributed by atoms with E-state index < -0.39 is 0 Å². The Labute approximate surface area is 109 Å². The summed E-state index contributed by atoms with van der Waals surface area (Å²) in [5.41, 5.74) is 2.06. The molecule has 0 bridgehead atoms. The molecule has 1 aromatic rings. The van der Waals surface area contributed by atoms with Gasteiger partial charge in [0.15, 0.2) is 0 Å². The lowest BCUT2D eigenvalue weighted by molar-refractivity contribution is -0.0122. The van der Waals surface area contributed by atoms with E-state index in [0.29, 0.717) is 0 Å². The number of rotatable bonds is 1. The van der Waals surface area contributed by atoms with Crippen molar-refractivity contribution in [2.45, 2.75) is 57.7 Å². The largest absolute Gasteiger partial charge is 0.487 e. The number of fused-ring (bicyclic) bond motifs is 1. The zero-order valence-corrected chi connectivity index (χ0v) is 11.3. The predicted molar refractivity (Wildman–Crippen MR) is 71.7 cm³/mol. The first-order valence-electron chi connectivity index (χ1n) is 7.09. The molecular weight excluding hydrogens is 224 g/mol. The molecule has 1 N–H and O–H groups in total. The second-order valence-corrected chi connectivity index (χ2v) is 6.06. The van der Waals surface area contributed by atoms with Crippen LogP contribution in [0.4, 0.5) is 0 Å². The van der Waals surface area contributed by atoms with Crippen molar-refractivity contribution in [1.82, 2.24) is 0 Å². The molecule has 0 saturated heterocycles. The van der Waals surface area contributed by atoms with Gasteiger partial charge in [-0.05, 0) is 44.2 Å². The normalized spacial score (nSPS) is 34.4. The molecule has 1 aromatic carbocycles. The third-order valence-electron chi connectivity index (χ3n) is 4.66. The van der Waals surface area contributed by atoms with Crippen LogP contribution in [0.2, 0.25) is 0 Å². The molecule has 1 spiro atoms. The summed E-state index contributed by atoms with van der Waals surface area (Å²) in [4.78, 5) is 0. The van der Waals surface area contributed by atoms with Gasteiger partial charge >= 0.3 is 0 Å². The van der Waals surface area contributed by atoms with Gasteiger partial charge in [-0.2, -0.15) is 0 Å². The number of hydrogen-bond donors (Lipinski definition) is 1. The number of hydrogen-bond acceptors (Lipinski definition) is 2. The van der Waals surface area contributed by atoms with Crippen LogP contribution in [-0.4, -0.2) is 10.7 Å². The molecule has 3 rings (SSSR count). The van der Waals surface area contributed by atoms with Crippen LogP contribution in [0.15, 0.2) is 18.2 Å². The fraction of sp³-hybridized carbons (Fsp3) is 0.625. The average molecular weight is 246 g/mol. The minimum atomic E-state index is -0.357. The van der Waals surface area contributed by atoms with Gasteiger partial charge in [-0.25, -0.2) is 0 Å². The number of aliphatic hydroxyl groups excluding tert-OH is 1. The molecule has 2 nitrogen and oxygen atoms in total. The minimum Gasteiger partial charge on any atom is -0.487 e. The molecule has 0 aromatic heterocycles. The van der Waals surface area contributed by atoms with Crippen LogP contribution in [0.5, 0.6) is 5.75 Å². The Bertz CT molecular complexity index is 454. The summed E-state index contributed by atoms with van der Waals surface area (Å²) in [6.45, 7) is 4.31. The summed E-state index contributed by atoms with van der Waals surface area (Å²) in [5, 5.41) is 10.4. The van der Waals surface area contributed by atoms with Gasteiger partial charge in [-0.1, -0.05) is 25.0 Å². The van der Waals surface area contributed by atoms with E-state index in [9.17, 15) is 5.11 Å². The van der Waals surface area contributed by atoms with Crippen LogP contribution in [0.3, 0.4) is 0 Å². The summed E-state index contributed by atoms with van der Waals surface area (Å²) in [6.07, 6.45) is 5.07. The lowest BCUT2D eigenvalue weighted by Crippen LogP contribution is -2.38. The predicted octanol–water partition coefficient (Wildman–Crippen LogP) is 3.76. The first-order valence-corrected chi connectivity index (χ1v) is 7.09. The van der Waals surface area contributed by atoms with Crippen LogP contribution in [-0.2, 0) is 0 Å². The van der Waals surface area contributed by atoms with Crippen molar-refractivity contribution in [2.75, 3.05) is 0 Å². The maximum Gasteiger partial charge on any atom is 0.125 e. The third kappa shape index (κ3) is 1.93. The Kier molecular flexibility index (Phi) is 2.86. The van der Waals surface area contributed by atoms with Crippen LogP contribution in [0.1, 0.15) is 56.3 Å². The number of benzene rings is 1. The van der Waals surface area contributed by atoms with E-state index in [0.717, 1.165) is 36.5 Å². The molecule has 1 aliphatic heterocycles. The average Bonchev–Trinajstić information content (AvgIpc) is 2.73. The summed E-state index contributed by atoms with van der Waals surface area (Å²) < 4.78 is 6.28. The monoisotopic (exact) mass is 246 g/mol. The molecule has 98 valence electrons. The van der Waals surface area contributed by atoms with Crippen molar-refractivity contribution >= 4 is 0 Å². The molecule has 1 fully saturated rings. The molecule has 1 saturated carbocycles. The Hall–Kier alpha value is -1.02. The van der Waals surface area contributed by atoms with Gasteiger partial charge in [0.25, 0.3) is 0 Å². The van der Waals surface area contributed by atoms with Gasteiger partial charge in [-0.15, -0.1) is 0 Å². The molecule has 2 unspecified atom stereocenters. The van der Waals surface area contributed by atoms with Crippen LogP contribution in [0.25, 0.3) is 0 Å². The van der Waals surface area contributed by atoms with Crippen LogP contribution in [0, 0.1) is 12.8 Å². The molecule has 2 aliphatic rings. The molecule has 0 radical (unpaired) electrons. The van der Waals surface area contributed by atoms with Crippen molar-refractivity contribution < 1.29 is 9.84 Å². The molecule has 3 atom stereocenters. The van der Waals surface area contributed by atoms with Crippen molar-refractivity contribution in [3.8, 4) is 5.75 Å². The van der Waals surface area contributed by atoms with Crippen LogP contribution < -0.4 is 4.74 Å². The van der Waals surface area contributed by atoms with Gasteiger partial charge < -0.3 is 9.84 Å². The van der Waals surface area contributed by atoms with Crippen molar-refractivity contribution in [1.29, 1.82) is 0 Å². The minimum absolute atomic E-state index is 0.0949. The Balaban J connectivity index is 1.90. The zero-order chi connectivity index (χ0) is 12.8. The maximum absolute atomic E-state index is 10.4. The Morgan fingerprint density at radius 1 is 1.39 bits per heavy atom. The second kappa shape index (κ2) is 4.27. The SMILES string of the molecule is CCC1CCC2(C1)C[C@H](O)c1cc(C)ccc1O2. The molecule has 2 heteroatoms. The lowest BCUT2D eigenvalue weighted by atomic mass is 9.86. The molecular formula is C16H22O2. The highest BCUT2D eigenvalue weighted by atomic mass is 16.5. The van der Waals surface area contributed by atoms with Gasteiger partial charge in [0.2, 0.25) is 0 Å². The van der Waals surface area contributed by atoms with Gasteiger partial charge in [0, 0.05) is 12.0 Å². The second-order valence-electron chi connectivity index (χ2n) is 6.06. The van der Waals surface area contributed by atoms with Crippen molar-refractivity contribution in [3.05, 3.63) is 29.3 Å². The summed E-state index contributed by atoms with van der Waals surface area (Å²) in [5.74, 6) is 1.67. The van der Waals surface area contributed by atoms with Crippen molar-refractivity contribution in [3.63, 3.8) is 0 Å². The van der Waals surface area contributed by atoms with Gasteiger partial charge in [0.1, 0.15) is 11.4 Å². The van der Waals surface area contributed by atoms with Gasteiger partial charge in [-0.3, -0.25) is 0 Å². The highest BCUT2D eigenvalue weighted by molar-refractivity contribution is 5.41. The number of ether oxygens (including phenoxy) is 1. The van der Waals surface area contributed by atoms with E-state index in [-0.39, 0.29) is 11.7 Å². The fourth-order valence-corrected chi connectivity index (χ4v) is 3.58. The van der Waals surface area contributed by atoms with E-state index in [1.807, 2.05) is 6.07 Å². The topological polar surface area (TPSA) is 29.5 Å². The van der Waals surface area contributed by atoms with E-state index >= 15 is 0 Å². The smallest absolute Gasteiger partial charge is 0.125 e. The quantitative estimate of drug-likeness (QED) is 0.817. The lowest BCUT2D eigenvalue weighted by Gasteiger charge is -2.38. The summed E-state index contributed by atoms with van der Waals surface area (Å²) >= 11 is 0. The van der Waals surface area contributed by atoms with Gasteiger partial charge in [0.05, 0.1) is 6.10 Å². The molecule has 1 heterocycles. The van der Waals surface area contributed by atoms with E-state index in [2.05, 4.69) is 26.0 Å².